The van der Waals surface area contributed by atoms with E-state index >= 15 is 0 Å². The van der Waals surface area contributed by atoms with E-state index in [1.165, 1.54) is 0 Å². The molecule has 3 unspecified atom stereocenters. The molecule has 0 radical (unpaired) electrons. The first kappa shape index (κ1) is 26.8. The Morgan fingerprint density at radius 2 is 1.62 bits per heavy atom. The Hall–Kier alpha value is -1.81. The minimum atomic E-state index is -4.94. The molecule has 0 saturated heterocycles. The van der Waals surface area contributed by atoms with Gasteiger partial charge in [-0.1, -0.05) is 26.7 Å². The van der Waals surface area contributed by atoms with E-state index in [0.29, 0.717) is 31.4 Å². The second-order valence-corrected chi connectivity index (χ2v) is 9.97. The number of rotatable bonds is 6. The van der Waals surface area contributed by atoms with Gasteiger partial charge in [-0.25, -0.2) is 0 Å². The summed E-state index contributed by atoms with van der Waals surface area (Å²) in [6.07, 6.45) is -4.96. The van der Waals surface area contributed by atoms with Crippen LogP contribution >= 0.6 is 0 Å². The van der Waals surface area contributed by atoms with Crippen LogP contribution in [-0.4, -0.2) is 29.2 Å². The van der Waals surface area contributed by atoms with Crippen LogP contribution in [0.15, 0.2) is 18.2 Å². The zero-order valence-electron chi connectivity index (χ0n) is 19.3. The van der Waals surface area contributed by atoms with E-state index in [9.17, 15) is 36.2 Å². The van der Waals surface area contributed by atoms with Gasteiger partial charge in [0.05, 0.1) is 22.6 Å². The van der Waals surface area contributed by atoms with Crippen molar-refractivity contribution in [1.82, 2.24) is 10.6 Å². The molecule has 2 aliphatic carbocycles. The normalized spacial score (nSPS) is 28.4. The highest BCUT2D eigenvalue weighted by Crippen LogP contribution is 2.45. The summed E-state index contributed by atoms with van der Waals surface area (Å²) in [6, 6.07) is 1.34. The Bertz CT molecular complexity index is 838. The van der Waals surface area contributed by atoms with Gasteiger partial charge in [-0.3, -0.25) is 4.79 Å². The molecule has 0 aromatic heterocycles. The number of amides is 1. The average Bonchev–Trinajstić information content (AvgIpc) is 3.17. The van der Waals surface area contributed by atoms with Crippen molar-refractivity contribution in [3.63, 3.8) is 0 Å². The Morgan fingerprint density at radius 1 is 1.03 bits per heavy atom. The highest BCUT2D eigenvalue weighted by atomic mass is 19.4. The smallest absolute Gasteiger partial charge is 0.392 e. The fourth-order valence-electron chi connectivity index (χ4n) is 5.30. The fourth-order valence-corrected chi connectivity index (χ4v) is 5.30. The van der Waals surface area contributed by atoms with Crippen molar-refractivity contribution in [1.29, 1.82) is 0 Å². The molecular weight excluding hydrogens is 462 g/mol. The molecule has 4 nitrogen and oxygen atoms in total. The lowest BCUT2D eigenvalue weighted by atomic mass is 9.74. The number of carbonyl (C=O) groups excluding carboxylic acids is 1. The zero-order valence-corrected chi connectivity index (χ0v) is 19.3. The average molecular weight is 495 g/mol. The predicted molar refractivity (Wildman–Crippen MR) is 115 cm³/mol. The van der Waals surface area contributed by atoms with Crippen molar-refractivity contribution >= 4 is 5.91 Å². The third-order valence-corrected chi connectivity index (χ3v) is 7.39. The van der Waals surface area contributed by atoms with Crippen LogP contribution in [0.2, 0.25) is 0 Å². The number of hydrogen-bond acceptors (Lipinski definition) is 3. The van der Waals surface area contributed by atoms with Crippen LogP contribution in [0, 0.1) is 11.3 Å². The standard InChI is InChI=1S/C24H32F6N2O2/c1-14(2)22(8-7-18(12-22)32-19-5-3-4-6-20(19)33)21(34)31-13-15-9-16(23(25,26)27)11-17(10-15)24(28,29)30/h9-11,14,18-20,32-33H,3-8,12-13H2,1-2H3,(H,31,34)/t18?,19?,20-,22?/m1/s1. The molecule has 192 valence electrons. The molecule has 0 aliphatic heterocycles. The van der Waals surface area contributed by atoms with Crippen LogP contribution in [0.25, 0.3) is 0 Å². The summed E-state index contributed by atoms with van der Waals surface area (Å²) >= 11 is 0. The summed E-state index contributed by atoms with van der Waals surface area (Å²) in [5.74, 6) is -0.454. The number of carbonyl (C=O) groups is 1. The largest absolute Gasteiger partial charge is 0.416 e. The van der Waals surface area contributed by atoms with Crippen LogP contribution in [0.3, 0.4) is 0 Å². The molecule has 1 aromatic rings. The minimum Gasteiger partial charge on any atom is -0.392 e. The molecule has 3 N–H and O–H groups in total. The van der Waals surface area contributed by atoms with Crippen molar-refractivity contribution in [3.05, 3.63) is 34.9 Å². The maximum atomic E-state index is 13.2. The molecule has 1 amide bonds. The molecule has 10 heteroatoms. The zero-order chi connectivity index (χ0) is 25.3. The van der Waals surface area contributed by atoms with Crippen LogP contribution in [-0.2, 0) is 23.7 Å². The highest BCUT2D eigenvalue weighted by molar-refractivity contribution is 5.83. The second-order valence-electron chi connectivity index (χ2n) is 9.97. The summed E-state index contributed by atoms with van der Waals surface area (Å²) in [4.78, 5) is 13.2. The summed E-state index contributed by atoms with van der Waals surface area (Å²) in [5, 5.41) is 16.3. The molecule has 2 aliphatic rings. The van der Waals surface area contributed by atoms with Crippen LogP contribution < -0.4 is 10.6 Å². The Morgan fingerprint density at radius 3 is 2.15 bits per heavy atom. The SMILES string of the molecule is CC(C)C1(C(=O)NCc2cc(C(F)(F)F)cc(C(F)(F)F)c2)CCC(NC2CCCC[C@H]2O)C1. The van der Waals surface area contributed by atoms with Crippen molar-refractivity contribution in [2.75, 3.05) is 0 Å². The molecule has 0 heterocycles. The third kappa shape index (κ3) is 6.05. The van der Waals surface area contributed by atoms with Crippen LogP contribution in [0.1, 0.15) is 75.5 Å². The number of halogens is 6. The monoisotopic (exact) mass is 494 g/mol. The van der Waals surface area contributed by atoms with Gasteiger partial charge < -0.3 is 15.7 Å². The summed E-state index contributed by atoms with van der Waals surface area (Å²) in [5.41, 5.74) is -3.85. The lowest BCUT2D eigenvalue weighted by Gasteiger charge is -2.34. The maximum Gasteiger partial charge on any atom is 0.416 e. The van der Waals surface area contributed by atoms with E-state index in [-0.39, 0.29) is 35.5 Å². The number of hydrogen-bond donors (Lipinski definition) is 3. The van der Waals surface area contributed by atoms with E-state index < -0.39 is 41.5 Å². The Balaban J connectivity index is 1.72. The van der Waals surface area contributed by atoms with Gasteiger partial charge in [-0.05, 0) is 61.8 Å². The Kier molecular flexibility index (Phi) is 7.92. The second kappa shape index (κ2) is 10.0. The molecule has 2 fully saturated rings. The summed E-state index contributed by atoms with van der Waals surface area (Å²) in [7, 11) is 0. The van der Waals surface area contributed by atoms with Crippen molar-refractivity contribution < 1.29 is 36.2 Å². The van der Waals surface area contributed by atoms with Gasteiger partial charge in [-0.2, -0.15) is 26.3 Å². The minimum absolute atomic E-state index is 0.0105. The van der Waals surface area contributed by atoms with E-state index in [0.717, 1.165) is 25.7 Å². The molecular formula is C24H32F6N2O2. The fraction of sp³-hybridized carbons (Fsp3) is 0.708. The summed E-state index contributed by atoms with van der Waals surface area (Å²) < 4.78 is 78.8. The van der Waals surface area contributed by atoms with Crippen LogP contribution in [0.4, 0.5) is 26.3 Å². The van der Waals surface area contributed by atoms with E-state index in [2.05, 4.69) is 10.6 Å². The molecule has 4 atom stereocenters. The molecule has 0 bridgehead atoms. The Labute approximate surface area is 195 Å². The number of alkyl halides is 6. The lowest BCUT2D eigenvalue weighted by molar-refractivity contribution is -0.143. The van der Waals surface area contributed by atoms with E-state index in [4.69, 9.17) is 0 Å². The van der Waals surface area contributed by atoms with E-state index in [1.54, 1.807) is 0 Å². The van der Waals surface area contributed by atoms with Crippen molar-refractivity contribution in [2.45, 2.75) is 95.9 Å². The maximum absolute atomic E-state index is 13.2. The first-order valence-electron chi connectivity index (χ1n) is 11.7. The van der Waals surface area contributed by atoms with Gasteiger partial charge in [0, 0.05) is 18.6 Å². The molecule has 34 heavy (non-hydrogen) atoms. The summed E-state index contributed by atoms with van der Waals surface area (Å²) in [6.45, 7) is 3.35. The van der Waals surface area contributed by atoms with Gasteiger partial charge in [0.25, 0.3) is 0 Å². The quantitative estimate of drug-likeness (QED) is 0.463. The van der Waals surface area contributed by atoms with E-state index in [1.807, 2.05) is 13.8 Å². The van der Waals surface area contributed by atoms with Gasteiger partial charge in [0.1, 0.15) is 0 Å². The van der Waals surface area contributed by atoms with Gasteiger partial charge >= 0.3 is 12.4 Å². The van der Waals surface area contributed by atoms with Crippen molar-refractivity contribution in [2.24, 2.45) is 11.3 Å². The lowest BCUT2D eigenvalue weighted by Crippen LogP contribution is -2.48. The predicted octanol–water partition coefficient (Wildman–Crippen LogP) is 5.43. The van der Waals surface area contributed by atoms with Gasteiger partial charge in [-0.15, -0.1) is 0 Å². The molecule has 3 rings (SSSR count). The van der Waals surface area contributed by atoms with Crippen molar-refractivity contribution in [3.8, 4) is 0 Å². The van der Waals surface area contributed by atoms with Gasteiger partial charge in [0.15, 0.2) is 0 Å². The molecule has 2 saturated carbocycles. The number of nitrogens with one attached hydrogen (secondary N) is 2. The first-order valence-corrected chi connectivity index (χ1v) is 11.7. The highest BCUT2D eigenvalue weighted by Gasteiger charge is 2.48. The number of benzene rings is 1. The van der Waals surface area contributed by atoms with Gasteiger partial charge in [0.2, 0.25) is 5.91 Å². The topological polar surface area (TPSA) is 61.4 Å². The third-order valence-electron chi connectivity index (χ3n) is 7.39. The molecule has 1 aromatic carbocycles. The molecule has 0 spiro atoms. The number of aliphatic hydroxyl groups excluding tert-OH is 1. The number of aliphatic hydroxyl groups is 1. The van der Waals surface area contributed by atoms with Crippen LogP contribution in [0.5, 0.6) is 0 Å². The first-order chi connectivity index (χ1) is 15.7.